The highest BCUT2D eigenvalue weighted by molar-refractivity contribution is 5.92. The summed E-state index contributed by atoms with van der Waals surface area (Å²) in [6.07, 6.45) is 5.25. The lowest BCUT2D eigenvalue weighted by molar-refractivity contribution is -0.144. The van der Waals surface area contributed by atoms with Crippen molar-refractivity contribution in [2.75, 3.05) is 13.4 Å². The fraction of sp³-hybridized carbons (Fsp3) is 0.0741. The maximum absolute atomic E-state index is 12.2. The van der Waals surface area contributed by atoms with Crippen molar-refractivity contribution in [3.63, 3.8) is 0 Å². The van der Waals surface area contributed by atoms with E-state index in [1.807, 2.05) is 30.3 Å². The molecule has 172 valence electrons. The van der Waals surface area contributed by atoms with Crippen molar-refractivity contribution < 1.29 is 33.3 Å². The van der Waals surface area contributed by atoms with Crippen molar-refractivity contribution in [2.24, 2.45) is 0 Å². The largest absolute Gasteiger partial charge is 0.485 e. The average Bonchev–Trinajstić information content (AvgIpc) is 2.86. The van der Waals surface area contributed by atoms with E-state index in [4.69, 9.17) is 18.9 Å². The van der Waals surface area contributed by atoms with Gasteiger partial charge in [-0.3, -0.25) is 4.79 Å². The second-order valence-corrected chi connectivity index (χ2v) is 6.88. The molecule has 0 unspecified atom stereocenters. The first-order chi connectivity index (χ1) is 16.5. The van der Waals surface area contributed by atoms with E-state index in [0.29, 0.717) is 17.2 Å². The van der Waals surface area contributed by atoms with E-state index in [9.17, 15) is 14.4 Å². The lowest BCUT2D eigenvalue weighted by atomic mass is 10.1. The molecule has 3 rings (SSSR count). The molecule has 0 amide bonds. The molecule has 0 N–H and O–H groups in total. The standard InChI is InChI=1S/C27H22O7/c1-3-22(28)17-31-25-9-8-20-15-19(5-7-21(20)16-25)6-14-27(30)34-24-12-10-23(11-13-24)32-18-33-26(29)4-2/h3-16H,1-2,17-18H2/b14-6+. The first-order valence-corrected chi connectivity index (χ1v) is 10.2. The van der Waals surface area contributed by atoms with Gasteiger partial charge >= 0.3 is 11.9 Å². The van der Waals surface area contributed by atoms with Crippen LogP contribution < -0.4 is 14.2 Å². The highest BCUT2D eigenvalue weighted by atomic mass is 16.7. The maximum Gasteiger partial charge on any atom is 0.336 e. The Labute approximate surface area is 196 Å². The number of fused-ring (bicyclic) bond motifs is 1. The second-order valence-electron chi connectivity index (χ2n) is 6.88. The van der Waals surface area contributed by atoms with Gasteiger partial charge in [-0.15, -0.1) is 0 Å². The summed E-state index contributed by atoms with van der Waals surface area (Å²) < 4.78 is 20.7. The number of benzene rings is 3. The zero-order valence-electron chi connectivity index (χ0n) is 18.3. The van der Waals surface area contributed by atoms with Crippen LogP contribution in [0, 0.1) is 0 Å². The topological polar surface area (TPSA) is 88.1 Å². The summed E-state index contributed by atoms with van der Waals surface area (Å²) >= 11 is 0. The molecule has 0 aliphatic rings. The van der Waals surface area contributed by atoms with Gasteiger partial charge in [0.2, 0.25) is 6.79 Å². The summed E-state index contributed by atoms with van der Waals surface area (Å²) in [6, 6.07) is 17.5. The van der Waals surface area contributed by atoms with Crippen LogP contribution in [-0.4, -0.2) is 31.1 Å². The number of rotatable bonds is 11. The Kier molecular flexibility index (Phi) is 8.35. The molecule has 34 heavy (non-hydrogen) atoms. The third-order valence-electron chi connectivity index (χ3n) is 4.49. The summed E-state index contributed by atoms with van der Waals surface area (Å²) in [5.74, 6) is 0.0612. The molecule has 0 aromatic heterocycles. The van der Waals surface area contributed by atoms with Crippen molar-refractivity contribution in [3.8, 4) is 17.2 Å². The first kappa shape index (κ1) is 24.0. The number of hydrogen-bond donors (Lipinski definition) is 0. The second kappa shape index (κ2) is 11.8. The molecule has 3 aromatic rings. The van der Waals surface area contributed by atoms with Crippen LogP contribution in [0.25, 0.3) is 16.8 Å². The van der Waals surface area contributed by atoms with Gasteiger partial charge in [-0.05, 0) is 71.0 Å². The molecule has 7 nitrogen and oxygen atoms in total. The van der Waals surface area contributed by atoms with Crippen molar-refractivity contribution in [2.45, 2.75) is 0 Å². The predicted molar refractivity (Wildman–Crippen MR) is 128 cm³/mol. The van der Waals surface area contributed by atoms with Crippen LogP contribution in [0.3, 0.4) is 0 Å². The predicted octanol–water partition coefficient (Wildman–Crippen LogP) is 4.66. The fourth-order valence-electron chi connectivity index (χ4n) is 2.78. The fourth-order valence-corrected chi connectivity index (χ4v) is 2.78. The summed E-state index contributed by atoms with van der Waals surface area (Å²) in [6.45, 7) is 6.40. The van der Waals surface area contributed by atoms with Crippen molar-refractivity contribution in [1.82, 2.24) is 0 Å². The Morgan fingerprint density at radius 1 is 0.735 bits per heavy atom. The van der Waals surface area contributed by atoms with Gasteiger partial charge in [0.25, 0.3) is 0 Å². The number of ether oxygens (including phenoxy) is 4. The molecule has 0 heterocycles. The van der Waals surface area contributed by atoms with Gasteiger partial charge in [0.1, 0.15) is 17.2 Å². The highest BCUT2D eigenvalue weighted by Gasteiger charge is 2.04. The Morgan fingerprint density at radius 2 is 1.41 bits per heavy atom. The van der Waals surface area contributed by atoms with Crippen LogP contribution in [0.5, 0.6) is 17.2 Å². The van der Waals surface area contributed by atoms with Crippen molar-refractivity contribution >= 4 is 34.6 Å². The molecule has 0 bridgehead atoms. The van der Waals surface area contributed by atoms with Crippen LogP contribution in [0.15, 0.2) is 92.0 Å². The van der Waals surface area contributed by atoms with E-state index in [-0.39, 0.29) is 19.2 Å². The molecule has 0 saturated heterocycles. The maximum atomic E-state index is 12.2. The minimum atomic E-state index is -0.584. The molecule has 0 aliphatic carbocycles. The van der Waals surface area contributed by atoms with Crippen LogP contribution in [-0.2, 0) is 19.1 Å². The summed E-state index contributed by atoms with van der Waals surface area (Å²) in [5, 5.41) is 1.89. The SMILES string of the molecule is C=CC(=O)COc1ccc2cc(/C=C/C(=O)Oc3ccc(OCOC(=O)C=C)cc3)ccc2c1. The molecule has 0 fully saturated rings. The van der Waals surface area contributed by atoms with Crippen LogP contribution in [0.2, 0.25) is 0 Å². The first-order valence-electron chi connectivity index (χ1n) is 10.2. The minimum absolute atomic E-state index is 0.0567. The van der Waals surface area contributed by atoms with Crippen LogP contribution in [0.4, 0.5) is 0 Å². The molecule has 0 radical (unpaired) electrons. The van der Waals surface area contributed by atoms with E-state index >= 15 is 0 Å². The molecular formula is C27H22O7. The normalized spacial score (nSPS) is 10.5. The van der Waals surface area contributed by atoms with E-state index in [1.165, 1.54) is 12.2 Å². The zero-order chi connectivity index (χ0) is 24.3. The Hall–Kier alpha value is -4.65. The molecular weight excluding hydrogens is 436 g/mol. The third-order valence-corrected chi connectivity index (χ3v) is 4.49. The number of esters is 2. The average molecular weight is 458 g/mol. The van der Waals surface area contributed by atoms with Crippen LogP contribution in [0.1, 0.15) is 5.56 Å². The zero-order valence-corrected chi connectivity index (χ0v) is 18.3. The Balaban J connectivity index is 1.54. The quantitative estimate of drug-likeness (QED) is 0.179. The van der Waals surface area contributed by atoms with E-state index < -0.39 is 11.9 Å². The summed E-state index contributed by atoms with van der Waals surface area (Å²) in [4.78, 5) is 34.4. The van der Waals surface area contributed by atoms with Crippen LogP contribution >= 0.6 is 0 Å². The van der Waals surface area contributed by atoms with Crippen molar-refractivity contribution in [1.29, 1.82) is 0 Å². The van der Waals surface area contributed by atoms with Gasteiger partial charge in [-0.25, -0.2) is 9.59 Å². The smallest absolute Gasteiger partial charge is 0.336 e. The highest BCUT2D eigenvalue weighted by Crippen LogP contribution is 2.23. The van der Waals surface area contributed by atoms with Gasteiger partial charge in [0.15, 0.2) is 12.4 Å². The number of carbonyl (C=O) groups is 3. The minimum Gasteiger partial charge on any atom is -0.485 e. The molecule has 0 saturated carbocycles. The lowest BCUT2D eigenvalue weighted by Crippen LogP contribution is -2.07. The van der Waals surface area contributed by atoms with E-state index in [1.54, 1.807) is 36.4 Å². The van der Waals surface area contributed by atoms with Gasteiger partial charge in [-0.2, -0.15) is 0 Å². The Morgan fingerprint density at radius 3 is 2.15 bits per heavy atom. The van der Waals surface area contributed by atoms with Crippen molar-refractivity contribution in [3.05, 3.63) is 97.6 Å². The third kappa shape index (κ3) is 7.20. The van der Waals surface area contributed by atoms with Gasteiger partial charge < -0.3 is 18.9 Å². The monoisotopic (exact) mass is 458 g/mol. The molecule has 7 heteroatoms. The van der Waals surface area contributed by atoms with Gasteiger partial charge in [0.05, 0.1) is 0 Å². The number of hydrogen-bond acceptors (Lipinski definition) is 7. The number of carbonyl (C=O) groups excluding carboxylic acids is 3. The van der Waals surface area contributed by atoms with E-state index in [2.05, 4.69) is 13.2 Å². The summed E-state index contributed by atoms with van der Waals surface area (Å²) in [7, 11) is 0. The lowest BCUT2D eigenvalue weighted by Gasteiger charge is -2.07. The van der Waals surface area contributed by atoms with E-state index in [0.717, 1.165) is 22.4 Å². The molecule has 0 spiro atoms. The van der Waals surface area contributed by atoms with Gasteiger partial charge in [-0.1, -0.05) is 31.4 Å². The number of ketones is 1. The summed E-state index contributed by atoms with van der Waals surface area (Å²) in [5.41, 5.74) is 0.817. The molecule has 0 atom stereocenters. The van der Waals surface area contributed by atoms with Gasteiger partial charge in [0, 0.05) is 12.2 Å². The molecule has 0 aliphatic heterocycles. The Bertz CT molecular complexity index is 1240. The molecule has 3 aromatic carbocycles.